The second-order valence-electron chi connectivity index (χ2n) is 5.88. The van der Waals surface area contributed by atoms with Gasteiger partial charge in [-0.3, -0.25) is 0 Å². The molecule has 4 heteroatoms. The predicted octanol–water partition coefficient (Wildman–Crippen LogP) is 4.47. The van der Waals surface area contributed by atoms with Gasteiger partial charge in [-0.1, -0.05) is 13.8 Å². The average Bonchev–Trinajstić information content (AvgIpc) is 2.39. The molecule has 1 aromatic carbocycles. The number of alkyl halides is 1. The molecular formula is C16H21ClO2S. The Labute approximate surface area is 130 Å². The maximum absolute atomic E-state index is 12.2. The van der Waals surface area contributed by atoms with Crippen LogP contribution in [-0.4, -0.2) is 24.2 Å². The van der Waals surface area contributed by atoms with Crippen molar-refractivity contribution in [1.29, 1.82) is 0 Å². The lowest BCUT2D eigenvalue weighted by Gasteiger charge is -2.35. The molecule has 1 aromatic rings. The van der Waals surface area contributed by atoms with Crippen molar-refractivity contribution in [3.63, 3.8) is 0 Å². The molecule has 2 rings (SSSR count). The number of fused-ring (bicyclic) bond motifs is 1. The van der Waals surface area contributed by atoms with Crippen LogP contribution < -0.4 is 0 Å². The molecule has 0 N–H and O–H groups in total. The summed E-state index contributed by atoms with van der Waals surface area (Å²) in [6, 6.07) is 1.96. The second kappa shape index (κ2) is 5.98. The number of ether oxygens (including phenoxy) is 1. The van der Waals surface area contributed by atoms with E-state index in [2.05, 4.69) is 20.8 Å². The van der Waals surface area contributed by atoms with Gasteiger partial charge in [0, 0.05) is 4.90 Å². The number of hydrogen-bond donors (Lipinski definition) is 0. The number of carbonyl (C=O) groups excluding carboxylic acids is 1. The van der Waals surface area contributed by atoms with E-state index in [9.17, 15) is 4.79 Å². The fourth-order valence-corrected chi connectivity index (χ4v) is 4.60. The van der Waals surface area contributed by atoms with Gasteiger partial charge in [-0.2, -0.15) is 0 Å². The van der Waals surface area contributed by atoms with Gasteiger partial charge in [-0.15, -0.1) is 23.4 Å². The molecule has 2 nitrogen and oxygen atoms in total. The van der Waals surface area contributed by atoms with Crippen molar-refractivity contribution in [1.82, 2.24) is 0 Å². The molecule has 20 heavy (non-hydrogen) atoms. The molecule has 1 aliphatic rings. The third-order valence-corrected chi connectivity index (χ3v) is 5.28. The Bertz CT molecular complexity index is 538. The second-order valence-corrected chi connectivity index (χ2v) is 7.36. The van der Waals surface area contributed by atoms with E-state index in [1.165, 1.54) is 16.0 Å². The summed E-state index contributed by atoms with van der Waals surface area (Å²) >= 11 is 7.48. The van der Waals surface area contributed by atoms with Crippen LogP contribution in [0, 0.1) is 13.8 Å². The molecule has 1 heterocycles. The maximum Gasteiger partial charge on any atom is 0.338 e. The number of halogens is 1. The summed E-state index contributed by atoms with van der Waals surface area (Å²) in [7, 11) is 0. The van der Waals surface area contributed by atoms with E-state index in [4.69, 9.17) is 16.3 Å². The Hall–Kier alpha value is -0.670. The van der Waals surface area contributed by atoms with E-state index in [1.54, 1.807) is 0 Å². The highest BCUT2D eigenvalue weighted by Crippen LogP contribution is 2.45. The summed E-state index contributed by atoms with van der Waals surface area (Å²) in [5.74, 6) is 1.20. The zero-order valence-electron chi connectivity index (χ0n) is 12.5. The van der Waals surface area contributed by atoms with Crippen molar-refractivity contribution >= 4 is 29.3 Å². The van der Waals surface area contributed by atoms with Crippen molar-refractivity contribution in [3.05, 3.63) is 28.3 Å². The fourth-order valence-electron chi connectivity index (χ4n) is 2.85. The number of rotatable bonds is 3. The maximum atomic E-state index is 12.2. The van der Waals surface area contributed by atoms with Crippen LogP contribution in [0.4, 0.5) is 0 Å². The number of carbonyl (C=O) groups is 1. The van der Waals surface area contributed by atoms with E-state index in [-0.39, 0.29) is 18.0 Å². The van der Waals surface area contributed by atoms with Gasteiger partial charge in [0.25, 0.3) is 0 Å². The molecule has 0 fully saturated rings. The highest BCUT2D eigenvalue weighted by molar-refractivity contribution is 7.99. The Morgan fingerprint density at radius 1 is 1.45 bits per heavy atom. The Kier molecular flexibility index (Phi) is 4.70. The minimum absolute atomic E-state index is 0.109. The van der Waals surface area contributed by atoms with E-state index in [1.807, 2.05) is 24.8 Å². The molecule has 0 radical (unpaired) electrons. The van der Waals surface area contributed by atoms with Crippen molar-refractivity contribution < 1.29 is 9.53 Å². The number of thioether (sulfide) groups is 1. The van der Waals surface area contributed by atoms with E-state index in [0.29, 0.717) is 11.4 Å². The zero-order valence-corrected chi connectivity index (χ0v) is 14.1. The van der Waals surface area contributed by atoms with E-state index in [0.717, 1.165) is 17.7 Å². The first kappa shape index (κ1) is 15.7. The SMILES string of the molecule is Cc1cc(C(=O)OCCCl)c(C)c2c1SCCC2(C)C. The Balaban J connectivity index is 2.52. The number of esters is 1. The van der Waals surface area contributed by atoms with Crippen LogP contribution in [0.1, 0.15) is 47.3 Å². The summed E-state index contributed by atoms with van der Waals surface area (Å²) in [4.78, 5) is 13.5. The van der Waals surface area contributed by atoms with Crippen molar-refractivity contribution in [2.75, 3.05) is 18.2 Å². The summed E-state index contributed by atoms with van der Waals surface area (Å²) in [5.41, 5.74) is 4.33. The number of benzene rings is 1. The number of aryl methyl sites for hydroxylation is 1. The molecular weight excluding hydrogens is 292 g/mol. The minimum atomic E-state index is -0.263. The van der Waals surface area contributed by atoms with Gasteiger partial charge in [0.1, 0.15) is 6.61 Å². The first-order valence-electron chi connectivity index (χ1n) is 6.89. The third kappa shape index (κ3) is 2.84. The van der Waals surface area contributed by atoms with Gasteiger partial charge >= 0.3 is 5.97 Å². The molecule has 0 amide bonds. The van der Waals surface area contributed by atoms with Crippen LogP contribution in [0.2, 0.25) is 0 Å². The normalized spacial score (nSPS) is 16.6. The quantitative estimate of drug-likeness (QED) is 0.608. The molecule has 0 saturated heterocycles. The van der Waals surface area contributed by atoms with E-state index >= 15 is 0 Å². The van der Waals surface area contributed by atoms with E-state index < -0.39 is 0 Å². The monoisotopic (exact) mass is 312 g/mol. The third-order valence-electron chi connectivity index (χ3n) is 3.91. The lowest BCUT2D eigenvalue weighted by Crippen LogP contribution is -2.26. The molecule has 0 saturated carbocycles. The Morgan fingerprint density at radius 2 is 2.15 bits per heavy atom. The molecule has 0 atom stereocenters. The van der Waals surface area contributed by atoms with Crippen molar-refractivity contribution in [2.45, 2.75) is 44.4 Å². The highest BCUT2D eigenvalue weighted by atomic mass is 35.5. The van der Waals surface area contributed by atoms with Gasteiger partial charge in [-0.25, -0.2) is 4.79 Å². The van der Waals surface area contributed by atoms with Crippen molar-refractivity contribution in [3.8, 4) is 0 Å². The highest BCUT2D eigenvalue weighted by Gasteiger charge is 2.32. The summed E-state index contributed by atoms with van der Waals surface area (Å²) in [6.45, 7) is 8.88. The van der Waals surface area contributed by atoms with Crippen LogP contribution in [-0.2, 0) is 10.2 Å². The first-order chi connectivity index (χ1) is 9.38. The smallest absolute Gasteiger partial charge is 0.338 e. The Morgan fingerprint density at radius 3 is 2.80 bits per heavy atom. The van der Waals surface area contributed by atoms with Crippen LogP contribution in [0.3, 0.4) is 0 Å². The van der Waals surface area contributed by atoms with Crippen LogP contribution in [0.5, 0.6) is 0 Å². The molecule has 1 aliphatic heterocycles. The zero-order chi connectivity index (χ0) is 14.9. The standard InChI is InChI=1S/C16H21ClO2S/c1-10-9-12(15(18)19-7-6-17)11(2)13-14(10)20-8-5-16(13,3)4/h9H,5-8H2,1-4H3. The van der Waals surface area contributed by atoms with Crippen LogP contribution in [0.15, 0.2) is 11.0 Å². The minimum Gasteiger partial charge on any atom is -0.461 e. The molecule has 0 unspecified atom stereocenters. The summed E-state index contributed by atoms with van der Waals surface area (Å²) in [5, 5.41) is 0. The van der Waals surface area contributed by atoms with Gasteiger partial charge in [0.15, 0.2) is 0 Å². The average molecular weight is 313 g/mol. The molecule has 0 spiro atoms. The van der Waals surface area contributed by atoms with Gasteiger partial charge in [0.2, 0.25) is 0 Å². The number of hydrogen-bond acceptors (Lipinski definition) is 3. The fraction of sp³-hybridized carbons (Fsp3) is 0.562. The lowest BCUT2D eigenvalue weighted by atomic mass is 9.77. The lowest BCUT2D eigenvalue weighted by molar-refractivity contribution is 0.0528. The summed E-state index contributed by atoms with van der Waals surface area (Å²) < 4.78 is 5.19. The first-order valence-corrected chi connectivity index (χ1v) is 8.41. The van der Waals surface area contributed by atoms with Gasteiger partial charge in [0.05, 0.1) is 11.4 Å². The van der Waals surface area contributed by atoms with Gasteiger partial charge in [-0.05, 0) is 54.2 Å². The van der Waals surface area contributed by atoms with Crippen LogP contribution >= 0.6 is 23.4 Å². The molecule has 0 aliphatic carbocycles. The van der Waals surface area contributed by atoms with Crippen LogP contribution in [0.25, 0.3) is 0 Å². The van der Waals surface area contributed by atoms with Gasteiger partial charge < -0.3 is 4.74 Å². The van der Waals surface area contributed by atoms with Crippen molar-refractivity contribution in [2.24, 2.45) is 0 Å². The predicted molar refractivity (Wildman–Crippen MR) is 85.3 cm³/mol. The topological polar surface area (TPSA) is 26.3 Å². The molecule has 110 valence electrons. The molecule has 0 bridgehead atoms. The largest absolute Gasteiger partial charge is 0.461 e. The summed E-state index contributed by atoms with van der Waals surface area (Å²) in [6.07, 6.45) is 1.13. The molecule has 0 aromatic heterocycles.